The molecule has 0 radical (unpaired) electrons. The highest BCUT2D eigenvalue weighted by atomic mass is 16.5. The van der Waals surface area contributed by atoms with Gasteiger partial charge in [0.25, 0.3) is 0 Å². The van der Waals surface area contributed by atoms with E-state index in [-0.39, 0.29) is 12.0 Å². The molecule has 0 N–H and O–H groups in total. The van der Waals surface area contributed by atoms with Crippen LogP contribution in [0.2, 0.25) is 0 Å². The minimum Gasteiger partial charge on any atom is -0.497 e. The topological polar surface area (TPSA) is 60.9 Å². The first kappa shape index (κ1) is 23.4. The SMILES string of the molecule is C=C[C@H]1CN2CC[C@H]1C[C@@H]2[C@@H](OC(=O)c1ccc(OCC)cc1)c1ccnc2ccc(OC)cc12. The number of carbonyl (C=O) groups is 1. The number of ether oxygens (including phenoxy) is 3. The van der Waals surface area contributed by atoms with Gasteiger partial charge in [-0.15, -0.1) is 6.58 Å². The summed E-state index contributed by atoms with van der Waals surface area (Å²) >= 11 is 0. The monoisotopic (exact) mass is 472 g/mol. The lowest BCUT2D eigenvalue weighted by molar-refractivity contribution is -0.0568. The van der Waals surface area contributed by atoms with Crippen molar-refractivity contribution in [2.24, 2.45) is 11.8 Å². The first-order valence-electron chi connectivity index (χ1n) is 12.3. The summed E-state index contributed by atoms with van der Waals surface area (Å²) in [5.74, 6) is 2.18. The van der Waals surface area contributed by atoms with Crippen molar-refractivity contribution in [2.45, 2.75) is 31.9 Å². The van der Waals surface area contributed by atoms with Crippen molar-refractivity contribution < 1.29 is 19.0 Å². The molecule has 2 aromatic carbocycles. The number of esters is 1. The van der Waals surface area contributed by atoms with Crippen LogP contribution in [0.15, 0.2) is 67.4 Å². The molecule has 6 nitrogen and oxygen atoms in total. The molecule has 2 bridgehead atoms. The van der Waals surface area contributed by atoms with Gasteiger partial charge in [-0.05, 0) is 86.7 Å². The zero-order chi connectivity index (χ0) is 24.4. The van der Waals surface area contributed by atoms with Gasteiger partial charge < -0.3 is 14.2 Å². The largest absolute Gasteiger partial charge is 0.497 e. The molecule has 0 saturated carbocycles. The van der Waals surface area contributed by atoms with Crippen molar-refractivity contribution in [1.82, 2.24) is 9.88 Å². The van der Waals surface area contributed by atoms with Crippen molar-refractivity contribution in [3.05, 3.63) is 78.5 Å². The smallest absolute Gasteiger partial charge is 0.338 e. The maximum absolute atomic E-state index is 13.4. The first-order valence-corrected chi connectivity index (χ1v) is 12.3. The molecule has 0 aliphatic carbocycles. The quantitative estimate of drug-likeness (QED) is 0.322. The summed E-state index contributed by atoms with van der Waals surface area (Å²) in [6.07, 6.45) is 5.56. The molecule has 0 spiro atoms. The highest BCUT2D eigenvalue weighted by Gasteiger charge is 2.44. The average Bonchev–Trinajstić information content (AvgIpc) is 2.91. The molecular formula is C29H32N2O4. The van der Waals surface area contributed by atoms with Gasteiger partial charge in [-0.3, -0.25) is 9.88 Å². The standard InChI is InChI=1S/C29H32N2O4/c1-4-19-18-31-15-13-21(19)16-27(31)28(35-29(32)20-6-8-22(9-7-20)34-5-2)24-12-14-30-26-11-10-23(33-3)17-25(24)26/h4,6-12,14,17,19,21,27-28H,1,5,13,15-16,18H2,2-3H3/t19-,21-,27+,28-/m0/s1. The number of rotatable bonds is 8. The summed E-state index contributed by atoms with van der Waals surface area (Å²) in [4.78, 5) is 20.4. The van der Waals surface area contributed by atoms with Gasteiger partial charge in [0, 0.05) is 23.7 Å². The summed E-state index contributed by atoms with van der Waals surface area (Å²) < 4.78 is 17.4. The molecule has 3 saturated heterocycles. The molecule has 1 aromatic heterocycles. The van der Waals surface area contributed by atoms with E-state index in [0.29, 0.717) is 24.0 Å². The van der Waals surface area contributed by atoms with Gasteiger partial charge in [0.15, 0.2) is 0 Å². The van der Waals surface area contributed by atoms with Gasteiger partial charge in [0.1, 0.15) is 17.6 Å². The summed E-state index contributed by atoms with van der Waals surface area (Å²) in [7, 11) is 1.65. The number of aromatic nitrogens is 1. The Morgan fingerprint density at radius 3 is 2.69 bits per heavy atom. The van der Waals surface area contributed by atoms with Crippen molar-refractivity contribution >= 4 is 16.9 Å². The second-order valence-electron chi connectivity index (χ2n) is 9.31. The Bertz CT molecular complexity index is 1210. The fourth-order valence-electron chi connectivity index (χ4n) is 5.60. The van der Waals surface area contributed by atoms with Gasteiger partial charge >= 0.3 is 5.97 Å². The van der Waals surface area contributed by atoms with Crippen molar-refractivity contribution in [3.63, 3.8) is 0 Å². The Morgan fingerprint density at radius 2 is 2.00 bits per heavy atom. The fourth-order valence-corrected chi connectivity index (χ4v) is 5.60. The van der Waals surface area contributed by atoms with Crippen molar-refractivity contribution in [3.8, 4) is 11.5 Å². The lowest BCUT2D eigenvalue weighted by Gasteiger charge is -2.51. The minimum atomic E-state index is -0.430. The van der Waals surface area contributed by atoms with Crippen LogP contribution in [0.1, 0.15) is 41.8 Å². The fraction of sp³-hybridized carbons (Fsp3) is 0.379. The van der Waals surface area contributed by atoms with Crippen LogP contribution >= 0.6 is 0 Å². The van der Waals surface area contributed by atoms with E-state index in [0.717, 1.165) is 53.9 Å². The van der Waals surface area contributed by atoms with Crippen LogP contribution in [0.5, 0.6) is 11.5 Å². The van der Waals surface area contributed by atoms with E-state index < -0.39 is 6.10 Å². The normalized spacial score (nSPS) is 24.1. The highest BCUT2D eigenvalue weighted by molar-refractivity contribution is 5.90. The summed E-state index contributed by atoms with van der Waals surface area (Å²) in [5, 5.41) is 0.944. The van der Waals surface area contributed by atoms with Crippen LogP contribution in [-0.2, 0) is 4.74 Å². The van der Waals surface area contributed by atoms with Crippen LogP contribution in [0, 0.1) is 11.8 Å². The number of carbonyl (C=O) groups excluding carboxylic acids is 1. The van der Waals surface area contributed by atoms with Crippen LogP contribution in [-0.4, -0.2) is 48.7 Å². The molecule has 182 valence electrons. The lowest BCUT2D eigenvalue weighted by Crippen LogP contribution is -2.55. The third kappa shape index (κ3) is 4.63. The molecule has 5 atom stereocenters. The third-order valence-electron chi connectivity index (χ3n) is 7.43. The molecule has 3 aromatic rings. The highest BCUT2D eigenvalue weighted by Crippen LogP contribution is 2.44. The van der Waals surface area contributed by atoms with Crippen molar-refractivity contribution in [1.29, 1.82) is 0 Å². The van der Waals surface area contributed by atoms with Gasteiger partial charge in [-0.1, -0.05) is 6.08 Å². The molecule has 1 unspecified atom stereocenters. The van der Waals surface area contributed by atoms with Gasteiger partial charge in [0.2, 0.25) is 0 Å². The van der Waals surface area contributed by atoms with E-state index in [2.05, 4.69) is 22.5 Å². The van der Waals surface area contributed by atoms with Gasteiger partial charge in [-0.25, -0.2) is 4.79 Å². The molecular weight excluding hydrogens is 440 g/mol. The van der Waals surface area contributed by atoms with Crippen LogP contribution < -0.4 is 9.47 Å². The van der Waals surface area contributed by atoms with E-state index in [4.69, 9.17) is 14.2 Å². The van der Waals surface area contributed by atoms with Crippen molar-refractivity contribution in [2.75, 3.05) is 26.8 Å². The number of nitrogens with zero attached hydrogens (tertiary/aromatic N) is 2. The predicted molar refractivity (Wildman–Crippen MR) is 136 cm³/mol. The minimum absolute atomic E-state index is 0.0911. The van der Waals surface area contributed by atoms with E-state index in [1.807, 2.05) is 43.3 Å². The molecule has 4 heterocycles. The van der Waals surface area contributed by atoms with E-state index >= 15 is 0 Å². The van der Waals surface area contributed by atoms with Gasteiger partial charge in [0.05, 0.1) is 30.8 Å². The zero-order valence-corrected chi connectivity index (χ0v) is 20.4. The molecule has 0 amide bonds. The Kier molecular flexibility index (Phi) is 6.73. The Balaban J connectivity index is 1.52. The Morgan fingerprint density at radius 1 is 1.20 bits per heavy atom. The molecule has 3 aliphatic heterocycles. The van der Waals surface area contributed by atoms with E-state index in [1.165, 1.54) is 0 Å². The number of fused-ring (bicyclic) bond motifs is 4. The third-order valence-corrected chi connectivity index (χ3v) is 7.43. The second-order valence-corrected chi connectivity index (χ2v) is 9.31. The molecule has 3 aliphatic rings. The van der Waals surface area contributed by atoms with E-state index in [1.54, 1.807) is 25.4 Å². The van der Waals surface area contributed by atoms with Gasteiger partial charge in [-0.2, -0.15) is 0 Å². The number of methoxy groups -OCH3 is 1. The maximum Gasteiger partial charge on any atom is 0.338 e. The Hall–Kier alpha value is -3.38. The maximum atomic E-state index is 13.4. The summed E-state index contributed by atoms with van der Waals surface area (Å²) in [5.41, 5.74) is 2.32. The summed E-state index contributed by atoms with van der Waals surface area (Å²) in [6.45, 7) is 8.52. The number of piperidine rings is 3. The number of hydrogen-bond donors (Lipinski definition) is 0. The number of benzene rings is 2. The van der Waals surface area contributed by atoms with Crippen LogP contribution in [0.4, 0.5) is 0 Å². The zero-order valence-electron chi connectivity index (χ0n) is 20.4. The summed E-state index contributed by atoms with van der Waals surface area (Å²) in [6, 6.07) is 15.0. The molecule has 3 fully saturated rings. The molecule has 6 rings (SSSR count). The number of pyridine rings is 1. The molecule has 35 heavy (non-hydrogen) atoms. The second kappa shape index (κ2) is 10.1. The first-order chi connectivity index (χ1) is 17.1. The van der Waals surface area contributed by atoms with E-state index in [9.17, 15) is 4.79 Å². The lowest BCUT2D eigenvalue weighted by atomic mass is 9.73. The van der Waals surface area contributed by atoms with Crippen LogP contribution in [0.3, 0.4) is 0 Å². The molecule has 6 heteroatoms. The number of hydrogen-bond acceptors (Lipinski definition) is 6. The Labute approximate surface area is 206 Å². The predicted octanol–water partition coefficient (Wildman–Crippen LogP) is 5.44. The van der Waals surface area contributed by atoms with Crippen LogP contribution in [0.25, 0.3) is 10.9 Å². The average molecular weight is 473 g/mol.